The maximum absolute atomic E-state index is 13.9. The van der Waals surface area contributed by atoms with Crippen LogP contribution in [0.25, 0.3) is 21.0 Å². The van der Waals surface area contributed by atoms with Crippen molar-refractivity contribution in [3.05, 3.63) is 74.8 Å². The molecule has 0 aliphatic heterocycles. The van der Waals surface area contributed by atoms with Crippen LogP contribution in [0.5, 0.6) is 0 Å². The van der Waals surface area contributed by atoms with E-state index in [-0.39, 0.29) is 31.1 Å². The molecule has 11 heteroatoms. The molecule has 0 saturated carbocycles. The molecule has 0 bridgehead atoms. The molecule has 1 aromatic carbocycles. The summed E-state index contributed by atoms with van der Waals surface area (Å²) in [5.41, 5.74) is -1.92. The molecule has 0 radical (unpaired) electrons. The predicted molar refractivity (Wildman–Crippen MR) is 139 cm³/mol. The number of benzene rings is 1. The fourth-order valence-corrected chi connectivity index (χ4v) is 5.30. The number of ether oxygens (including phenoxy) is 1. The van der Waals surface area contributed by atoms with Crippen LogP contribution in [0.3, 0.4) is 0 Å². The molecule has 0 saturated heterocycles. The molecule has 2 atom stereocenters. The van der Waals surface area contributed by atoms with Crippen LogP contribution in [0.1, 0.15) is 38.0 Å². The Kier molecular flexibility index (Phi) is 7.49. The van der Waals surface area contributed by atoms with Gasteiger partial charge in [-0.05, 0) is 31.9 Å². The van der Waals surface area contributed by atoms with E-state index in [1.54, 1.807) is 6.92 Å². The number of aliphatic carboxylic acids is 1. The third kappa shape index (κ3) is 4.89. The molecular formula is C26H29N3O7S. The minimum atomic E-state index is -1.81. The van der Waals surface area contributed by atoms with Gasteiger partial charge >= 0.3 is 11.7 Å². The number of nitrogens with zero attached hydrogens (tertiary/aromatic N) is 3. The first-order valence-electron chi connectivity index (χ1n) is 11.8. The van der Waals surface area contributed by atoms with Crippen LogP contribution in [0.4, 0.5) is 0 Å². The molecule has 0 aliphatic rings. The van der Waals surface area contributed by atoms with Gasteiger partial charge in [0, 0.05) is 12.5 Å². The maximum atomic E-state index is 13.9. The summed E-state index contributed by atoms with van der Waals surface area (Å²) in [4.78, 5) is 44.8. The van der Waals surface area contributed by atoms with Gasteiger partial charge in [0.2, 0.25) is 5.89 Å². The number of fused-ring (bicyclic) bond motifs is 1. The normalized spacial score (nSPS) is 13.6. The van der Waals surface area contributed by atoms with Crippen molar-refractivity contribution >= 4 is 27.5 Å². The lowest BCUT2D eigenvalue weighted by Gasteiger charge is -2.25. The van der Waals surface area contributed by atoms with Crippen molar-refractivity contribution in [2.24, 2.45) is 5.92 Å². The number of oxazole rings is 1. The fourth-order valence-electron chi connectivity index (χ4n) is 4.06. The number of aryl methyl sites for hydroxylation is 1. The highest BCUT2D eigenvalue weighted by Crippen LogP contribution is 2.36. The van der Waals surface area contributed by atoms with Crippen molar-refractivity contribution in [3.63, 3.8) is 0 Å². The summed E-state index contributed by atoms with van der Waals surface area (Å²) in [5.74, 6) is -1.15. The number of aliphatic hydroxyl groups excluding tert-OH is 1. The highest BCUT2D eigenvalue weighted by molar-refractivity contribution is 7.22. The van der Waals surface area contributed by atoms with Crippen LogP contribution in [-0.4, -0.2) is 43.5 Å². The molecule has 3 aromatic heterocycles. The zero-order valence-corrected chi connectivity index (χ0v) is 21.8. The standard InChI is InChI=1S/C26H29N3O7S/c1-15(13-30)14-36-18(17-8-6-5-7-9-17)12-28-23-19(16(2)20(37-23)21-27-10-11-35-21)22(31)29(25(28)34)26(3,4)24(32)33/h5-11,15,18,30H,12-14H2,1-4H3,(H,32,33)/t15-,18-/m0/s1. The van der Waals surface area contributed by atoms with E-state index < -0.39 is 28.9 Å². The van der Waals surface area contributed by atoms with E-state index >= 15 is 0 Å². The summed E-state index contributed by atoms with van der Waals surface area (Å²) in [5, 5.41) is 19.6. The molecule has 196 valence electrons. The van der Waals surface area contributed by atoms with Gasteiger partial charge in [0.25, 0.3) is 5.56 Å². The Morgan fingerprint density at radius 3 is 2.54 bits per heavy atom. The first-order valence-corrected chi connectivity index (χ1v) is 12.6. The van der Waals surface area contributed by atoms with E-state index in [0.29, 0.717) is 21.2 Å². The smallest absolute Gasteiger partial charge is 0.333 e. The summed E-state index contributed by atoms with van der Waals surface area (Å²) in [7, 11) is 0. The van der Waals surface area contributed by atoms with Crippen molar-refractivity contribution in [1.82, 2.24) is 14.1 Å². The second-order valence-electron chi connectivity index (χ2n) is 9.49. The van der Waals surface area contributed by atoms with Gasteiger partial charge in [-0.1, -0.05) is 37.3 Å². The van der Waals surface area contributed by atoms with E-state index in [4.69, 9.17) is 9.15 Å². The van der Waals surface area contributed by atoms with Crippen LogP contribution in [0.15, 0.2) is 56.8 Å². The van der Waals surface area contributed by atoms with Crippen molar-refractivity contribution in [2.45, 2.75) is 45.9 Å². The van der Waals surface area contributed by atoms with E-state index in [0.717, 1.165) is 10.1 Å². The number of aromatic nitrogens is 3. The molecule has 4 rings (SSSR count). The van der Waals surface area contributed by atoms with Crippen LogP contribution < -0.4 is 11.2 Å². The molecule has 37 heavy (non-hydrogen) atoms. The van der Waals surface area contributed by atoms with E-state index in [1.165, 1.54) is 42.2 Å². The monoisotopic (exact) mass is 527 g/mol. The minimum Gasteiger partial charge on any atom is -0.480 e. The van der Waals surface area contributed by atoms with E-state index in [9.17, 15) is 24.6 Å². The molecule has 3 heterocycles. The molecule has 0 unspecified atom stereocenters. The maximum Gasteiger partial charge on any atom is 0.333 e. The van der Waals surface area contributed by atoms with Gasteiger partial charge in [0.15, 0.2) is 0 Å². The number of carboxylic acids is 1. The van der Waals surface area contributed by atoms with Gasteiger partial charge in [-0.2, -0.15) is 0 Å². The van der Waals surface area contributed by atoms with Gasteiger partial charge in [0.1, 0.15) is 22.7 Å². The lowest BCUT2D eigenvalue weighted by Crippen LogP contribution is -2.52. The average Bonchev–Trinajstić information content (AvgIpc) is 3.52. The third-order valence-electron chi connectivity index (χ3n) is 6.33. The molecule has 10 nitrogen and oxygen atoms in total. The summed E-state index contributed by atoms with van der Waals surface area (Å²) in [6.07, 6.45) is 2.29. The first kappa shape index (κ1) is 26.5. The highest BCUT2D eigenvalue weighted by atomic mass is 32.1. The molecule has 4 aromatic rings. The Morgan fingerprint density at radius 1 is 1.24 bits per heavy atom. The Balaban J connectivity index is 1.99. The number of hydrogen-bond donors (Lipinski definition) is 2. The Labute approximate surface area is 216 Å². The van der Waals surface area contributed by atoms with Crippen LogP contribution in [-0.2, 0) is 21.6 Å². The van der Waals surface area contributed by atoms with Crippen LogP contribution >= 0.6 is 11.3 Å². The lowest BCUT2D eigenvalue weighted by atomic mass is 10.1. The molecule has 0 amide bonds. The van der Waals surface area contributed by atoms with Crippen molar-refractivity contribution in [3.8, 4) is 10.8 Å². The van der Waals surface area contributed by atoms with Crippen molar-refractivity contribution in [2.75, 3.05) is 13.2 Å². The quantitative estimate of drug-likeness (QED) is 0.320. The minimum absolute atomic E-state index is 0.0124. The Bertz CT molecular complexity index is 1520. The summed E-state index contributed by atoms with van der Waals surface area (Å²) in [6.45, 7) is 6.39. The average molecular weight is 528 g/mol. The van der Waals surface area contributed by atoms with Crippen LogP contribution in [0.2, 0.25) is 0 Å². The molecule has 0 aliphatic carbocycles. The second-order valence-corrected chi connectivity index (χ2v) is 10.5. The highest BCUT2D eigenvalue weighted by Gasteiger charge is 2.36. The molecule has 0 spiro atoms. The molecule has 2 N–H and O–H groups in total. The number of hydrogen-bond acceptors (Lipinski definition) is 8. The van der Waals surface area contributed by atoms with Gasteiger partial charge in [-0.25, -0.2) is 19.1 Å². The fraction of sp³-hybridized carbons (Fsp3) is 0.385. The van der Waals surface area contributed by atoms with Gasteiger partial charge in [0.05, 0.1) is 29.6 Å². The van der Waals surface area contributed by atoms with E-state index in [2.05, 4.69) is 4.98 Å². The number of carbonyl (C=O) groups is 1. The second kappa shape index (κ2) is 10.4. The Morgan fingerprint density at radius 2 is 1.95 bits per heavy atom. The van der Waals surface area contributed by atoms with Crippen molar-refractivity contribution in [1.29, 1.82) is 0 Å². The van der Waals surface area contributed by atoms with Gasteiger partial charge < -0.3 is 19.4 Å². The topological polar surface area (TPSA) is 137 Å². The van der Waals surface area contributed by atoms with Gasteiger partial charge in [-0.15, -0.1) is 11.3 Å². The zero-order valence-electron chi connectivity index (χ0n) is 21.0. The molecule has 0 fully saturated rings. The summed E-state index contributed by atoms with van der Waals surface area (Å²) in [6, 6.07) is 9.30. The van der Waals surface area contributed by atoms with Gasteiger partial charge in [-0.3, -0.25) is 9.36 Å². The summed E-state index contributed by atoms with van der Waals surface area (Å²) < 4.78 is 13.8. The number of aliphatic hydroxyl groups is 1. The number of carboxylic acid groups (broad SMARTS) is 1. The Hall–Kier alpha value is -3.54. The largest absolute Gasteiger partial charge is 0.480 e. The molecular weight excluding hydrogens is 498 g/mol. The first-order chi connectivity index (χ1) is 17.6. The zero-order chi connectivity index (χ0) is 26.9. The third-order valence-corrected chi connectivity index (χ3v) is 7.64. The van der Waals surface area contributed by atoms with Crippen LogP contribution in [0, 0.1) is 12.8 Å². The van der Waals surface area contributed by atoms with Crippen molar-refractivity contribution < 1.29 is 24.2 Å². The number of thiophene rings is 1. The SMILES string of the molecule is Cc1c(-c2ncco2)sc2c1c(=O)n(C(C)(C)C(=O)O)c(=O)n2C[C@H](OC[C@@H](C)CO)c1ccccc1. The summed E-state index contributed by atoms with van der Waals surface area (Å²) >= 11 is 1.18. The number of rotatable bonds is 10. The predicted octanol–water partition coefficient (Wildman–Crippen LogP) is 3.39. The van der Waals surface area contributed by atoms with E-state index in [1.807, 2.05) is 37.3 Å². The lowest BCUT2D eigenvalue weighted by molar-refractivity contribution is -0.146.